The van der Waals surface area contributed by atoms with E-state index < -0.39 is 76.9 Å². The highest BCUT2D eigenvalue weighted by molar-refractivity contribution is 8.03. The molecular weight excluding hydrogens is 652 g/mol. The lowest BCUT2D eigenvalue weighted by molar-refractivity contribution is -0.150. The quantitative estimate of drug-likeness (QED) is 0.0935. The summed E-state index contributed by atoms with van der Waals surface area (Å²) < 4.78 is 19.0. The Labute approximate surface area is 266 Å². The summed E-state index contributed by atoms with van der Waals surface area (Å²) in [5.74, 6) is -5.93. The normalized spacial score (nSPS) is 20.3. The van der Waals surface area contributed by atoms with Crippen molar-refractivity contribution in [2.75, 3.05) is 24.7 Å². The van der Waals surface area contributed by atoms with Crippen molar-refractivity contribution in [2.45, 2.75) is 31.7 Å². The van der Waals surface area contributed by atoms with Gasteiger partial charge in [-0.2, -0.15) is 0 Å². The van der Waals surface area contributed by atoms with E-state index in [0.717, 1.165) is 36.6 Å². The number of esters is 3. The number of carbonyl (C=O) groups excluding carboxylic acids is 6. The third-order valence-corrected chi connectivity index (χ3v) is 8.90. The fraction of sp³-hybridized carbons (Fsp3) is 0.346. The molecule has 18 nitrogen and oxygen atoms in total. The van der Waals surface area contributed by atoms with Crippen LogP contribution in [-0.4, -0.2) is 98.6 Å². The predicted molar refractivity (Wildman–Crippen MR) is 159 cm³/mol. The zero-order valence-electron chi connectivity index (χ0n) is 24.1. The lowest BCUT2D eigenvalue weighted by Gasteiger charge is -2.49. The molecule has 20 heteroatoms. The van der Waals surface area contributed by atoms with Crippen molar-refractivity contribution < 1.29 is 57.7 Å². The molecule has 1 fully saturated rings. The zero-order chi connectivity index (χ0) is 33.7. The highest BCUT2D eigenvalue weighted by Crippen LogP contribution is 2.40. The third kappa shape index (κ3) is 8.00. The zero-order valence-corrected chi connectivity index (χ0v) is 25.7. The van der Waals surface area contributed by atoms with Crippen molar-refractivity contribution in [2.24, 2.45) is 15.3 Å². The van der Waals surface area contributed by atoms with Crippen LogP contribution in [0.1, 0.15) is 30.6 Å². The van der Waals surface area contributed by atoms with Gasteiger partial charge in [0.15, 0.2) is 23.3 Å². The number of carboxylic acid groups (broad SMARTS) is 1. The van der Waals surface area contributed by atoms with Crippen molar-refractivity contribution in [3.05, 3.63) is 35.0 Å². The molecule has 3 amide bonds. The van der Waals surface area contributed by atoms with Gasteiger partial charge in [0.1, 0.15) is 23.7 Å². The number of rotatable bonds is 12. The van der Waals surface area contributed by atoms with Crippen molar-refractivity contribution >= 4 is 74.9 Å². The average molecular weight is 679 g/mol. The second-order valence-electron chi connectivity index (χ2n) is 9.62. The molecule has 0 saturated carbocycles. The van der Waals surface area contributed by atoms with Crippen molar-refractivity contribution in [1.29, 1.82) is 5.41 Å². The topological polar surface area (TPSA) is 266 Å². The Kier molecular flexibility index (Phi) is 10.6. The number of carboxylic acids is 1. The second kappa shape index (κ2) is 14.4. The lowest BCUT2D eigenvalue weighted by atomic mass is 10.0. The number of carbonyl (C=O) groups is 7. The monoisotopic (exact) mass is 678 g/mol. The first-order valence-corrected chi connectivity index (χ1v) is 15.5. The Bertz CT molecular complexity index is 1650. The van der Waals surface area contributed by atoms with Crippen LogP contribution in [-0.2, 0) is 49.0 Å². The molecule has 3 aliphatic heterocycles. The Balaban J connectivity index is 1.38. The molecule has 4 rings (SSSR count). The number of thioether (sulfide) groups is 1. The number of nitrogens with two attached hydrogens (primary N) is 1. The maximum absolute atomic E-state index is 13.0. The van der Waals surface area contributed by atoms with Crippen LogP contribution >= 0.6 is 11.8 Å². The van der Waals surface area contributed by atoms with E-state index in [1.807, 2.05) is 0 Å². The van der Waals surface area contributed by atoms with Crippen LogP contribution in [0, 0.1) is 5.41 Å². The van der Waals surface area contributed by atoms with Crippen molar-refractivity contribution in [3.63, 3.8) is 0 Å². The van der Waals surface area contributed by atoms with Crippen LogP contribution in [0.15, 0.2) is 39.0 Å². The number of nitrogens with zero attached hydrogens (tertiary/aromatic N) is 3. The minimum atomic E-state index is -1.44. The Hall–Kier alpha value is -4.95. The Morgan fingerprint density at radius 2 is 1.87 bits per heavy atom. The molecule has 3 aliphatic rings. The number of fused-ring (bicyclic) bond motifs is 1. The molecule has 5 N–H and O–H groups in total. The van der Waals surface area contributed by atoms with E-state index in [1.165, 1.54) is 12.1 Å². The number of hydrogen-bond acceptors (Lipinski definition) is 14. The van der Waals surface area contributed by atoms with Gasteiger partial charge in [-0.15, -0.1) is 16.3 Å². The highest BCUT2D eigenvalue weighted by Gasteiger charge is 2.54. The number of β-lactam (4-membered cyclic amide) rings is 1. The predicted octanol–water partition coefficient (Wildman–Crippen LogP) is -0.569. The van der Waals surface area contributed by atoms with Crippen LogP contribution in [0.5, 0.6) is 11.5 Å². The van der Waals surface area contributed by atoms with Gasteiger partial charge < -0.3 is 30.4 Å². The molecule has 0 aromatic heterocycles. The number of hydrogen-bond donors (Lipinski definition) is 4. The molecule has 1 aromatic rings. The minimum absolute atomic E-state index is 0.0549. The largest absolute Gasteiger partial charge is 0.477 e. The molecule has 0 spiro atoms. The van der Waals surface area contributed by atoms with Gasteiger partial charge in [-0.1, -0.05) is 0 Å². The molecular formula is C26H26N6O12S2. The molecule has 3 atom stereocenters. The van der Waals surface area contributed by atoms with Crippen LogP contribution < -0.4 is 20.5 Å². The Morgan fingerprint density at radius 1 is 1.17 bits per heavy atom. The van der Waals surface area contributed by atoms with Gasteiger partial charge in [-0.25, -0.2) is 19.4 Å². The number of nitrogens with one attached hydrogen (secondary N) is 2. The van der Waals surface area contributed by atoms with Gasteiger partial charge in [0.25, 0.3) is 5.91 Å². The summed E-state index contributed by atoms with van der Waals surface area (Å²) in [7, 11) is -1.12. The first-order valence-electron chi connectivity index (χ1n) is 13.1. The van der Waals surface area contributed by atoms with Crippen LogP contribution in [0.25, 0.3) is 0 Å². The number of amides is 3. The summed E-state index contributed by atoms with van der Waals surface area (Å²) in [4.78, 5) is 93.9. The molecule has 0 bridgehead atoms. The van der Waals surface area contributed by atoms with E-state index in [9.17, 15) is 38.7 Å². The van der Waals surface area contributed by atoms with Gasteiger partial charge in [0.05, 0.1) is 17.7 Å². The lowest BCUT2D eigenvalue weighted by Crippen LogP contribution is -2.70. The SMILES string of the molecule is CC(=O)Oc1ccc(C(=O)OCC2=C(C(=O)O)N3C(=O)[C@@H](NC(=O)CC4=NC(=N)S(=NOCC(N)=O)C4)[C@H]3SC2)cc1OC(C)=O. The van der Waals surface area contributed by atoms with E-state index in [2.05, 4.69) is 14.8 Å². The third-order valence-electron chi connectivity index (χ3n) is 6.13. The highest BCUT2D eigenvalue weighted by atomic mass is 32.2. The molecule has 0 radical (unpaired) electrons. The number of amidine groups is 1. The van der Waals surface area contributed by atoms with Gasteiger partial charge in [-0.05, 0) is 18.2 Å². The smallest absolute Gasteiger partial charge is 0.352 e. The first kappa shape index (κ1) is 33.9. The fourth-order valence-corrected chi connectivity index (χ4v) is 6.79. The molecule has 1 aromatic carbocycles. The van der Waals surface area contributed by atoms with E-state index in [-0.39, 0.29) is 51.4 Å². The average Bonchev–Trinajstić information content (AvgIpc) is 3.32. The summed E-state index contributed by atoms with van der Waals surface area (Å²) in [6.45, 7) is 1.30. The van der Waals surface area contributed by atoms with Crippen LogP contribution in [0.3, 0.4) is 0 Å². The Morgan fingerprint density at radius 3 is 2.52 bits per heavy atom. The van der Waals surface area contributed by atoms with Crippen molar-refractivity contribution in [1.82, 2.24) is 10.2 Å². The van der Waals surface area contributed by atoms with E-state index in [1.54, 1.807) is 0 Å². The number of aliphatic carboxylic acids is 1. The molecule has 0 aliphatic carbocycles. The van der Waals surface area contributed by atoms with Gasteiger partial charge in [-0.3, -0.25) is 34.3 Å². The number of benzene rings is 1. The summed E-state index contributed by atoms with van der Waals surface area (Å²) >= 11 is 1.16. The number of primary amides is 1. The summed E-state index contributed by atoms with van der Waals surface area (Å²) in [6, 6.07) is 2.57. The number of aliphatic imine (C=N–C) groups is 1. The molecule has 3 heterocycles. The maximum atomic E-state index is 13.0. The van der Waals surface area contributed by atoms with Crippen LogP contribution in [0.4, 0.5) is 0 Å². The minimum Gasteiger partial charge on any atom is -0.477 e. The standard InChI is InChI=1S/C26H26N6O12S2/c1-11(33)43-16-4-3-13(5-17(16)44-12(2)34)25(40)41-7-14-9-45-23-20(22(37)32(23)21(14)24(38)39)30-19(36)6-15-10-46(26(28)29-15)31-42-8-18(27)35/h3-5,20,23,28H,6-10H2,1-2H3,(H2,27,35)(H,30,36)(H,38,39)/t20-,23-,46?/m1/s1. The maximum Gasteiger partial charge on any atom is 0.352 e. The second-order valence-corrected chi connectivity index (χ2v) is 12.3. The summed E-state index contributed by atoms with van der Waals surface area (Å²) in [5.41, 5.74) is 4.95. The molecule has 1 unspecified atom stereocenters. The van der Waals surface area contributed by atoms with Gasteiger partial charge in [0, 0.05) is 41.6 Å². The van der Waals surface area contributed by atoms with E-state index in [4.69, 9.17) is 30.2 Å². The summed E-state index contributed by atoms with van der Waals surface area (Å²) in [5, 5.41) is 19.5. The fourth-order valence-electron chi connectivity index (χ4n) is 4.31. The first-order chi connectivity index (χ1) is 21.7. The molecule has 1 saturated heterocycles. The van der Waals surface area contributed by atoms with Gasteiger partial charge >= 0.3 is 23.9 Å². The molecule has 46 heavy (non-hydrogen) atoms. The van der Waals surface area contributed by atoms with E-state index >= 15 is 0 Å². The number of ether oxygens (including phenoxy) is 3. The molecule has 244 valence electrons. The van der Waals surface area contributed by atoms with Crippen LogP contribution in [0.2, 0.25) is 0 Å². The van der Waals surface area contributed by atoms with Gasteiger partial charge in [0.2, 0.25) is 11.8 Å². The van der Waals surface area contributed by atoms with E-state index in [0.29, 0.717) is 5.71 Å². The summed E-state index contributed by atoms with van der Waals surface area (Å²) in [6.07, 6.45) is -0.248. The van der Waals surface area contributed by atoms with Crippen molar-refractivity contribution in [3.8, 4) is 11.5 Å².